The molecule has 4 amide bonds. The van der Waals surface area contributed by atoms with Crippen LogP contribution in [0.1, 0.15) is 73.0 Å². The van der Waals surface area contributed by atoms with Gasteiger partial charge in [0.1, 0.15) is 28.9 Å². The fourth-order valence-electron chi connectivity index (χ4n) is 9.96. The first-order valence-electron chi connectivity index (χ1n) is 23.1. The molecule has 2 saturated heterocycles. The van der Waals surface area contributed by atoms with Crippen LogP contribution in [0.5, 0.6) is 11.5 Å². The van der Waals surface area contributed by atoms with E-state index in [1.165, 1.54) is 27.5 Å². The standard InChI is InChI=1S/C52H59Cl2N7O6.ClH/c1-52(43-22-16-35-9-5-6-10-42(35)43)51(66)56-44(33-62)50(65)58(3)40(27-34-11-17-38(53)18-12-34)31-57(2)48(63)23-24-49(64)61(52)30-37-13-19-39(54)28-46(37)67-41-20-14-36(15-21-41)45-29-55-47(59(45)4)32-60-25-7-8-26-60;/h5-6,9-15,17-21,28-29,40,43-44,62H,7-8,16,22-27,30-33H2,1-4H3,(H,56,66);1H/t40?,43-,44?,52?;/m1./s1. The van der Waals surface area contributed by atoms with Crippen molar-refractivity contribution in [2.45, 2.75) is 88.5 Å². The number of aromatic nitrogens is 2. The topological polar surface area (TPSA) is 141 Å². The average Bonchev–Trinajstić information content (AvgIpc) is 4.10. The molecule has 3 heterocycles. The van der Waals surface area contributed by atoms with Gasteiger partial charge in [-0.05, 0) is 117 Å². The second-order valence-electron chi connectivity index (χ2n) is 18.3. The van der Waals surface area contributed by atoms with Crippen molar-refractivity contribution in [1.29, 1.82) is 0 Å². The molecule has 0 spiro atoms. The second-order valence-corrected chi connectivity index (χ2v) is 19.2. The molecule has 2 N–H and O–H groups in total. The Morgan fingerprint density at radius 2 is 1.53 bits per heavy atom. The zero-order valence-electron chi connectivity index (χ0n) is 39.0. The monoisotopic (exact) mass is 983 g/mol. The first-order valence-corrected chi connectivity index (χ1v) is 23.8. The number of ether oxygens (including phenoxy) is 1. The van der Waals surface area contributed by atoms with Gasteiger partial charge in [0, 0.05) is 67.6 Å². The van der Waals surface area contributed by atoms with Gasteiger partial charge in [-0.3, -0.25) is 24.1 Å². The number of nitrogens with zero attached hydrogens (tertiary/aromatic N) is 6. The summed E-state index contributed by atoms with van der Waals surface area (Å²) < 4.78 is 8.70. The summed E-state index contributed by atoms with van der Waals surface area (Å²) in [5.74, 6) is -0.483. The molecule has 13 nitrogen and oxygen atoms in total. The predicted molar refractivity (Wildman–Crippen MR) is 266 cm³/mol. The molecule has 4 atom stereocenters. The molecule has 1 aliphatic carbocycles. The molecule has 3 unspecified atom stereocenters. The number of aliphatic hydroxyl groups excluding tert-OH is 1. The van der Waals surface area contributed by atoms with Gasteiger partial charge in [-0.2, -0.15) is 0 Å². The Morgan fingerprint density at radius 3 is 2.25 bits per heavy atom. The van der Waals surface area contributed by atoms with Crippen LogP contribution in [0.25, 0.3) is 11.3 Å². The lowest BCUT2D eigenvalue weighted by Gasteiger charge is -2.45. The molecular formula is C52H60Cl3N7O6. The number of benzene rings is 4. The van der Waals surface area contributed by atoms with Gasteiger partial charge in [0.15, 0.2) is 0 Å². The van der Waals surface area contributed by atoms with E-state index in [9.17, 15) is 14.7 Å². The molecule has 5 aromatic rings. The number of aryl methyl sites for hydroxylation is 1. The highest BCUT2D eigenvalue weighted by Gasteiger charge is 2.52. The number of hydrogen-bond donors (Lipinski definition) is 2. The van der Waals surface area contributed by atoms with E-state index in [0.29, 0.717) is 46.4 Å². The van der Waals surface area contributed by atoms with Crippen LogP contribution in [-0.2, 0) is 52.2 Å². The first-order chi connectivity index (χ1) is 32.2. The maximum Gasteiger partial charge on any atom is 0.247 e. The number of rotatable bonds is 11. The third-order valence-corrected chi connectivity index (χ3v) is 14.5. The number of amides is 4. The highest BCUT2D eigenvalue weighted by atomic mass is 35.5. The molecule has 68 heavy (non-hydrogen) atoms. The molecular weight excluding hydrogens is 925 g/mol. The molecule has 8 rings (SSSR count). The number of hydrogen-bond acceptors (Lipinski definition) is 8. The van der Waals surface area contributed by atoms with E-state index < -0.39 is 47.9 Å². The Morgan fingerprint density at radius 1 is 0.838 bits per heavy atom. The Hall–Kier alpha value is -5.44. The van der Waals surface area contributed by atoms with Gasteiger partial charge in [-0.1, -0.05) is 65.7 Å². The number of likely N-dealkylation sites (tertiary alicyclic amines) is 1. The van der Waals surface area contributed by atoms with Gasteiger partial charge < -0.3 is 34.4 Å². The van der Waals surface area contributed by atoms with Crippen molar-refractivity contribution in [3.63, 3.8) is 0 Å². The Kier molecular flexibility index (Phi) is 16.2. The van der Waals surface area contributed by atoms with Crippen LogP contribution < -0.4 is 10.1 Å². The van der Waals surface area contributed by atoms with Crippen LogP contribution in [0.15, 0.2) is 97.2 Å². The highest BCUT2D eigenvalue weighted by molar-refractivity contribution is 6.31. The summed E-state index contributed by atoms with van der Waals surface area (Å²) in [6.45, 7) is 4.03. The number of halogens is 3. The molecule has 1 aromatic heterocycles. The van der Waals surface area contributed by atoms with Crippen LogP contribution in [-0.4, -0.2) is 116 Å². The fourth-order valence-corrected chi connectivity index (χ4v) is 10.2. The molecule has 4 aromatic carbocycles. The Balaban J connectivity index is 0.00000684. The minimum absolute atomic E-state index is 0. The first kappa shape index (κ1) is 50.4. The van der Waals surface area contributed by atoms with Gasteiger partial charge in [-0.25, -0.2) is 4.98 Å². The molecule has 0 saturated carbocycles. The van der Waals surface area contributed by atoms with Crippen molar-refractivity contribution in [3.05, 3.63) is 135 Å². The largest absolute Gasteiger partial charge is 0.457 e. The maximum absolute atomic E-state index is 15.3. The van der Waals surface area contributed by atoms with Crippen LogP contribution in [0.4, 0.5) is 0 Å². The molecule has 16 heteroatoms. The minimum Gasteiger partial charge on any atom is -0.457 e. The number of carbonyl (C=O) groups is 4. The van der Waals surface area contributed by atoms with Crippen LogP contribution in [0.3, 0.4) is 0 Å². The van der Waals surface area contributed by atoms with Crippen molar-refractivity contribution >= 4 is 59.2 Å². The van der Waals surface area contributed by atoms with E-state index in [1.54, 1.807) is 51.4 Å². The summed E-state index contributed by atoms with van der Waals surface area (Å²) >= 11 is 12.8. The molecule has 0 bridgehead atoms. The maximum atomic E-state index is 15.3. The normalized spacial score (nSPS) is 21.9. The minimum atomic E-state index is -1.63. The number of fused-ring (bicyclic) bond motifs is 1. The second kappa shape index (κ2) is 21.9. The van der Waals surface area contributed by atoms with Crippen LogP contribution in [0.2, 0.25) is 10.0 Å². The molecule has 3 aliphatic rings. The highest BCUT2D eigenvalue weighted by Crippen LogP contribution is 2.45. The average molecular weight is 985 g/mol. The number of carbonyl (C=O) groups excluding carboxylic acids is 4. The van der Waals surface area contributed by atoms with E-state index in [1.807, 2.05) is 73.9 Å². The predicted octanol–water partition coefficient (Wildman–Crippen LogP) is 7.82. The van der Waals surface area contributed by atoms with E-state index in [4.69, 9.17) is 32.9 Å². The fraction of sp³-hybridized carbons (Fsp3) is 0.404. The van der Waals surface area contributed by atoms with E-state index in [-0.39, 0.29) is 44.2 Å². The van der Waals surface area contributed by atoms with E-state index in [0.717, 1.165) is 53.4 Å². The van der Waals surface area contributed by atoms with Crippen molar-refractivity contribution in [2.24, 2.45) is 7.05 Å². The van der Waals surface area contributed by atoms with Gasteiger partial charge in [0.25, 0.3) is 0 Å². The van der Waals surface area contributed by atoms with E-state index in [2.05, 4.69) is 14.8 Å². The third-order valence-electron chi connectivity index (χ3n) is 14.0. The summed E-state index contributed by atoms with van der Waals surface area (Å²) in [6, 6.07) is 26.1. The number of likely N-dealkylation sites (N-methyl/N-ethyl adjacent to an activating group) is 2. The van der Waals surface area contributed by atoms with Crippen molar-refractivity contribution < 1.29 is 29.0 Å². The Bertz CT molecular complexity index is 2600. The van der Waals surface area contributed by atoms with Crippen molar-refractivity contribution in [2.75, 3.05) is 40.3 Å². The van der Waals surface area contributed by atoms with Crippen LogP contribution >= 0.6 is 35.6 Å². The van der Waals surface area contributed by atoms with Crippen molar-refractivity contribution in [3.8, 4) is 22.8 Å². The lowest BCUT2D eigenvalue weighted by Crippen LogP contribution is -2.65. The number of nitrogens with one attached hydrogen (secondary N) is 1. The number of imidazole rings is 1. The molecule has 2 fully saturated rings. The summed E-state index contributed by atoms with van der Waals surface area (Å²) in [7, 11) is 5.30. The van der Waals surface area contributed by atoms with Gasteiger partial charge in [-0.15, -0.1) is 12.4 Å². The zero-order chi connectivity index (χ0) is 47.4. The van der Waals surface area contributed by atoms with E-state index >= 15 is 9.59 Å². The van der Waals surface area contributed by atoms with Crippen molar-refractivity contribution in [1.82, 2.24) is 34.5 Å². The smallest absolute Gasteiger partial charge is 0.247 e. The zero-order valence-corrected chi connectivity index (χ0v) is 41.3. The lowest BCUT2D eigenvalue weighted by molar-refractivity contribution is -0.153. The molecule has 360 valence electrons. The third kappa shape index (κ3) is 10.9. The summed E-state index contributed by atoms with van der Waals surface area (Å²) in [5.41, 5.74) is 3.73. The summed E-state index contributed by atoms with van der Waals surface area (Å²) in [6.07, 6.45) is 5.55. The molecule has 2 aliphatic heterocycles. The Labute approximate surface area is 414 Å². The van der Waals surface area contributed by atoms with Gasteiger partial charge in [0.2, 0.25) is 23.6 Å². The lowest BCUT2D eigenvalue weighted by atomic mass is 9.78. The summed E-state index contributed by atoms with van der Waals surface area (Å²) in [5, 5.41) is 14.7. The van der Waals surface area contributed by atoms with Gasteiger partial charge in [0.05, 0.1) is 37.6 Å². The quantitative estimate of drug-likeness (QED) is 0.137. The van der Waals surface area contributed by atoms with Gasteiger partial charge >= 0.3 is 0 Å². The van der Waals surface area contributed by atoms with Crippen LogP contribution in [0, 0.1) is 0 Å². The summed E-state index contributed by atoms with van der Waals surface area (Å²) in [4.78, 5) is 70.5. The number of aliphatic hydroxyl groups is 1. The molecule has 0 radical (unpaired) electrons. The SMILES string of the molecule is CN1CC(Cc2ccc(Cl)cc2)N(C)C(=O)C(CO)NC(=O)C(C)([C@@H]2CCc3ccccc32)N(Cc2ccc(Cl)cc2Oc2ccc(-c3cnc(CN4CCCC4)n3C)cc2)C(=O)CCC1=O.Cl.